The molecule has 7 rings (SSSR count). The van der Waals surface area contributed by atoms with E-state index in [1.807, 2.05) is 0 Å². The van der Waals surface area contributed by atoms with Crippen molar-refractivity contribution in [3.63, 3.8) is 0 Å². The van der Waals surface area contributed by atoms with Gasteiger partial charge >= 0.3 is 7.82 Å². The fraction of sp³-hybridized carbons (Fsp3) is 0.500. The van der Waals surface area contributed by atoms with Crippen LogP contribution in [0.4, 0.5) is 5.82 Å². The second-order valence-corrected chi connectivity index (χ2v) is 12.7. The van der Waals surface area contributed by atoms with Gasteiger partial charge in [0.2, 0.25) is 0 Å². The number of phosphoric acid groups is 2. The smallest absolute Gasteiger partial charge is 0.472 e. The van der Waals surface area contributed by atoms with Crippen LogP contribution in [0, 0.1) is 0 Å². The molecule has 3 fully saturated rings. The second kappa shape index (κ2) is 10.7. The number of rotatable bonds is 2. The van der Waals surface area contributed by atoms with Gasteiger partial charge in [-0.15, -0.1) is 0 Å². The number of hydrogen-bond donors (Lipinski definition) is 5. The zero-order valence-electron chi connectivity index (χ0n) is 21.9. The predicted octanol–water partition coefficient (Wildman–Crippen LogP) is -2.56. The van der Waals surface area contributed by atoms with Gasteiger partial charge in [0, 0.05) is 0 Å². The Morgan fingerprint density at radius 2 is 1.48 bits per heavy atom. The Bertz CT molecular complexity index is 1880. The Morgan fingerprint density at radius 3 is 2.16 bits per heavy atom. The van der Waals surface area contributed by atoms with Crippen LogP contribution in [0.2, 0.25) is 0 Å². The molecule has 0 saturated carbocycles. The summed E-state index contributed by atoms with van der Waals surface area (Å²) in [6, 6.07) is 0. The third kappa shape index (κ3) is 5.04. The van der Waals surface area contributed by atoms with Crippen molar-refractivity contribution in [2.24, 2.45) is 0 Å². The highest BCUT2D eigenvalue weighted by Crippen LogP contribution is 2.52. The van der Waals surface area contributed by atoms with Crippen molar-refractivity contribution >= 4 is 43.8 Å². The molecule has 3 aliphatic heterocycles. The first-order chi connectivity index (χ1) is 20.9. The van der Waals surface area contributed by atoms with Gasteiger partial charge < -0.3 is 49.2 Å². The predicted molar refractivity (Wildman–Crippen MR) is 137 cm³/mol. The summed E-state index contributed by atoms with van der Waals surface area (Å²) in [5.74, 6) is 0.0355. The molecule has 0 aromatic carbocycles. The van der Waals surface area contributed by atoms with Crippen LogP contribution in [0.5, 0.6) is 0 Å². The number of aliphatic hydroxyl groups excluding tert-OH is 2. The number of ether oxygens (including phenoxy) is 2. The molecule has 0 radical (unpaired) electrons. The van der Waals surface area contributed by atoms with Crippen molar-refractivity contribution in [2.45, 2.75) is 49.1 Å². The highest BCUT2D eigenvalue weighted by atomic mass is 31.2. The topological polar surface area (TPSA) is 306 Å². The normalized spacial score (nSPS) is 38.3. The SMILES string of the molecule is Nc1ncnc2c1ncn2[C@@H]1O[C@@H]2COP(=O)([O-])O[C@H]3[C@@H](O)[C@H](n4cnc5c(=O)[nH]cnc54)O[C@@H]3COP(=O)(O)O[C@H]2[C@H]1O. The maximum Gasteiger partial charge on any atom is 0.472 e. The lowest BCUT2D eigenvalue weighted by molar-refractivity contribution is -0.236. The summed E-state index contributed by atoms with van der Waals surface area (Å²) < 4.78 is 60.4. The Labute approximate surface area is 243 Å². The summed E-state index contributed by atoms with van der Waals surface area (Å²) in [6.45, 7) is -1.70. The first-order valence-electron chi connectivity index (χ1n) is 12.7. The summed E-state index contributed by atoms with van der Waals surface area (Å²) in [4.78, 5) is 57.8. The molecule has 0 amide bonds. The highest BCUT2D eigenvalue weighted by Gasteiger charge is 2.52. The first kappa shape index (κ1) is 29.5. The number of aromatic amines is 1. The van der Waals surface area contributed by atoms with E-state index in [1.165, 1.54) is 10.9 Å². The van der Waals surface area contributed by atoms with Gasteiger partial charge in [0.25, 0.3) is 13.4 Å². The number of aliphatic hydroxyl groups is 2. The minimum atomic E-state index is -5.28. The lowest BCUT2D eigenvalue weighted by atomic mass is 10.1. The van der Waals surface area contributed by atoms with Gasteiger partial charge in [-0.3, -0.25) is 27.5 Å². The molecule has 236 valence electrons. The molecule has 0 spiro atoms. The lowest BCUT2D eigenvalue weighted by Crippen LogP contribution is -2.40. The summed E-state index contributed by atoms with van der Waals surface area (Å²) in [6.07, 6.45) is -8.06. The number of nitrogens with two attached hydrogens (primary N) is 1. The number of H-pyrrole nitrogens is 1. The average Bonchev–Trinajstić information content (AvgIpc) is 3.73. The van der Waals surface area contributed by atoms with E-state index < -0.39 is 83.5 Å². The standard InChI is InChI=1S/C20H23N9O13P2/c21-15-9-16(23-3-22-15)28(5-26-9)19-11(30)13-7(39-19)1-37-44(35,36)42-14-8(2-38-43(33,34)41-13)40-20(12(14)31)29-6-27-10-17(29)24-4-25-18(10)32/h3-8,11-14,19-20,30-31H,1-2H2,(H,33,34)(H,35,36)(H2,21,22,23)(H,24,25,32)/p-1/t7-,8-,11-,12-,13-,14-,19-,20-/m1/s1. The van der Waals surface area contributed by atoms with Crippen molar-refractivity contribution in [3.8, 4) is 0 Å². The Morgan fingerprint density at radius 1 is 0.886 bits per heavy atom. The fourth-order valence-corrected chi connectivity index (χ4v) is 7.14. The quantitative estimate of drug-likeness (QED) is 0.138. The molecule has 22 nitrogen and oxygen atoms in total. The van der Waals surface area contributed by atoms with Crippen molar-refractivity contribution in [1.82, 2.24) is 39.0 Å². The van der Waals surface area contributed by atoms with E-state index in [2.05, 4.69) is 29.9 Å². The number of fused-ring (bicyclic) bond motifs is 4. The highest BCUT2D eigenvalue weighted by molar-refractivity contribution is 7.47. The second-order valence-electron chi connectivity index (χ2n) is 9.90. The number of phosphoric ester groups is 2. The Balaban J connectivity index is 1.17. The van der Waals surface area contributed by atoms with Crippen LogP contribution in [0.1, 0.15) is 12.5 Å². The number of hydrogen-bond acceptors (Lipinski definition) is 18. The molecule has 4 aromatic heterocycles. The minimum absolute atomic E-state index is 0.0120. The van der Waals surface area contributed by atoms with Crippen LogP contribution < -0.4 is 16.2 Å². The molecule has 7 heterocycles. The molecule has 0 bridgehead atoms. The monoisotopic (exact) mass is 658 g/mol. The molecule has 4 aromatic rings. The zero-order valence-corrected chi connectivity index (χ0v) is 23.7. The van der Waals surface area contributed by atoms with E-state index in [-0.39, 0.29) is 28.1 Å². The first-order valence-corrected chi connectivity index (χ1v) is 15.7. The van der Waals surface area contributed by atoms with Gasteiger partial charge in [-0.2, -0.15) is 0 Å². The van der Waals surface area contributed by atoms with Crippen molar-refractivity contribution in [1.29, 1.82) is 0 Å². The maximum atomic E-state index is 13.0. The van der Waals surface area contributed by atoms with E-state index in [4.69, 9.17) is 33.3 Å². The van der Waals surface area contributed by atoms with E-state index in [1.54, 1.807) is 0 Å². The fourth-order valence-electron chi connectivity index (χ4n) is 5.23. The summed E-state index contributed by atoms with van der Waals surface area (Å²) in [7, 11) is -10.3. The molecular weight excluding hydrogens is 636 g/mol. The van der Waals surface area contributed by atoms with Crippen LogP contribution in [0.25, 0.3) is 22.3 Å². The van der Waals surface area contributed by atoms with Gasteiger partial charge in [-0.05, 0) is 0 Å². The van der Waals surface area contributed by atoms with E-state index in [0.29, 0.717) is 0 Å². The molecule has 24 heteroatoms. The number of anilines is 1. The third-order valence-electron chi connectivity index (χ3n) is 7.22. The average molecular weight is 658 g/mol. The molecule has 3 aliphatic rings. The van der Waals surface area contributed by atoms with Gasteiger partial charge in [-0.25, -0.2) is 29.5 Å². The van der Waals surface area contributed by atoms with Crippen LogP contribution in [-0.2, 0) is 36.7 Å². The molecule has 44 heavy (non-hydrogen) atoms. The molecule has 0 aliphatic carbocycles. The van der Waals surface area contributed by atoms with Crippen LogP contribution in [0.3, 0.4) is 0 Å². The van der Waals surface area contributed by atoms with Crippen LogP contribution in [-0.4, -0.2) is 104 Å². The lowest BCUT2D eigenvalue weighted by Gasteiger charge is -2.32. The molecule has 6 N–H and O–H groups in total. The van der Waals surface area contributed by atoms with Crippen molar-refractivity contribution in [3.05, 3.63) is 35.7 Å². The molecule has 3 saturated heterocycles. The van der Waals surface area contributed by atoms with Crippen LogP contribution >= 0.6 is 15.6 Å². The van der Waals surface area contributed by atoms with Gasteiger partial charge in [0.15, 0.2) is 35.1 Å². The van der Waals surface area contributed by atoms with Crippen molar-refractivity contribution < 1.29 is 56.7 Å². The van der Waals surface area contributed by atoms with Gasteiger partial charge in [-0.1, -0.05) is 0 Å². The number of imidazole rings is 2. The number of nitrogen functional groups attached to an aromatic ring is 1. The number of nitrogens with zero attached hydrogens (tertiary/aromatic N) is 7. The van der Waals surface area contributed by atoms with Gasteiger partial charge in [0.1, 0.15) is 48.5 Å². The largest absolute Gasteiger partial charge is 0.756 e. The number of aromatic nitrogens is 8. The minimum Gasteiger partial charge on any atom is -0.756 e. The Kier molecular flexibility index (Phi) is 7.16. The summed E-state index contributed by atoms with van der Waals surface area (Å²) in [5.41, 5.74) is 5.44. The zero-order chi connectivity index (χ0) is 31.0. The summed E-state index contributed by atoms with van der Waals surface area (Å²) in [5, 5.41) is 22.1. The van der Waals surface area contributed by atoms with Crippen molar-refractivity contribution in [2.75, 3.05) is 18.9 Å². The third-order valence-corrected chi connectivity index (χ3v) is 9.18. The summed E-state index contributed by atoms with van der Waals surface area (Å²) >= 11 is 0. The maximum absolute atomic E-state index is 13.0. The van der Waals surface area contributed by atoms with E-state index >= 15 is 0 Å². The van der Waals surface area contributed by atoms with Gasteiger partial charge in [0.05, 0.1) is 32.2 Å². The van der Waals surface area contributed by atoms with E-state index in [9.17, 15) is 33.9 Å². The Hall–Kier alpha value is -3.24. The number of nitrogens with one attached hydrogen (secondary N) is 1. The molecule has 10 atom stereocenters. The van der Waals surface area contributed by atoms with Crippen LogP contribution in [0.15, 0.2) is 30.1 Å². The van der Waals surface area contributed by atoms with E-state index in [0.717, 1.165) is 23.5 Å². The molecular formula is C20H22N9O13P2-. The molecule has 2 unspecified atom stereocenters.